The minimum absolute atomic E-state index is 0.00190. The van der Waals surface area contributed by atoms with Crippen LogP contribution in [0.5, 0.6) is 0 Å². The number of carbonyl (C=O) groups is 1. The van der Waals surface area contributed by atoms with E-state index in [-0.39, 0.29) is 18.0 Å². The number of rotatable bonds is 6. The van der Waals surface area contributed by atoms with Crippen molar-refractivity contribution in [2.24, 2.45) is 0 Å². The fourth-order valence-electron chi connectivity index (χ4n) is 1.97. The molecule has 0 saturated heterocycles. The van der Waals surface area contributed by atoms with E-state index in [4.69, 9.17) is 0 Å². The number of anilines is 1. The fraction of sp³-hybridized carbons (Fsp3) is 0.385. The van der Waals surface area contributed by atoms with Crippen LogP contribution in [0.3, 0.4) is 0 Å². The zero-order valence-corrected chi connectivity index (χ0v) is 12.6. The molecule has 0 atom stereocenters. The summed E-state index contributed by atoms with van der Waals surface area (Å²) in [5.74, 6) is -0.0850. The molecular weight excluding hydrogens is 292 g/mol. The van der Waals surface area contributed by atoms with Crippen LogP contribution in [0.25, 0.3) is 10.2 Å². The van der Waals surface area contributed by atoms with Crippen LogP contribution >= 0.6 is 11.3 Å². The number of carbonyl (C=O) groups excluding carboxylic acids is 1. The number of nitro groups is 1. The Kier molecular flexibility index (Phi) is 4.69. The maximum absolute atomic E-state index is 11.4. The number of hydrogen-bond acceptors (Lipinski definition) is 6. The average molecular weight is 308 g/mol. The summed E-state index contributed by atoms with van der Waals surface area (Å²) < 4.78 is 0.786. The summed E-state index contributed by atoms with van der Waals surface area (Å²) in [4.78, 5) is 26.4. The van der Waals surface area contributed by atoms with E-state index in [2.05, 4.69) is 15.6 Å². The first-order valence-electron chi connectivity index (χ1n) is 6.57. The molecule has 1 aromatic carbocycles. The van der Waals surface area contributed by atoms with Gasteiger partial charge < -0.3 is 10.6 Å². The second kappa shape index (κ2) is 6.49. The number of nitrogens with zero attached hydrogens (tertiary/aromatic N) is 2. The molecule has 21 heavy (non-hydrogen) atoms. The number of nitro benzene ring substituents is 1. The maximum Gasteiger partial charge on any atom is 0.293 e. The third kappa shape index (κ3) is 3.66. The SMILES string of the molecule is CCNC(=O)CCNc1cc2nc(C)sc2cc1[N+](=O)[O-]. The number of amides is 1. The largest absolute Gasteiger partial charge is 0.379 e. The predicted octanol–water partition coefficient (Wildman–Crippen LogP) is 2.45. The molecule has 0 spiro atoms. The minimum Gasteiger partial charge on any atom is -0.379 e. The van der Waals surface area contributed by atoms with Crippen LogP contribution in [-0.2, 0) is 4.79 Å². The quantitative estimate of drug-likeness (QED) is 0.631. The molecule has 0 radical (unpaired) electrons. The van der Waals surface area contributed by atoms with Crippen molar-refractivity contribution in [2.45, 2.75) is 20.3 Å². The Morgan fingerprint density at radius 1 is 1.48 bits per heavy atom. The van der Waals surface area contributed by atoms with Gasteiger partial charge in [-0.25, -0.2) is 4.98 Å². The first kappa shape index (κ1) is 15.2. The Morgan fingerprint density at radius 3 is 2.90 bits per heavy atom. The molecule has 0 aliphatic heterocycles. The molecule has 2 N–H and O–H groups in total. The van der Waals surface area contributed by atoms with E-state index in [0.29, 0.717) is 18.8 Å². The summed E-state index contributed by atoms with van der Waals surface area (Å²) in [6, 6.07) is 3.18. The van der Waals surface area contributed by atoms with Crippen molar-refractivity contribution in [1.82, 2.24) is 10.3 Å². The molecule has 0 saturated carbocycles. The van der Waals surface area contributed by atoms with Gasteiger partial charge in [0.25, 0.3) is 5.69 Å². The van der Waals surface area contributed by atoms with Crippen molar-refractivity contribution < 1.29 is 9.72 Å². The van der Waals surface area contributed by atoms with Gasteiger partial charge in [0.15, 0.2) is 0 Å². The van der Waals surface area contributed by atoms with Gasteiger partial charge in [-0.2, -0.15) is 0 Å². The lowest BCUT2D eigenvalue weighted by molar-refractivity contribution is -0.383. The standard InChI is InChI=1S/C13H16N4O3S/c1-3-14-13(18)4-5-15-9-6-10-12(21-8(2)16-10)7-11(9)17(19)20/h6-7,15H,3-5H2,1-2H3,(H,14,18). The van der Waals surface area contributed by atoms with Crippen LogP contribution in [-0.4, -0.2) is 28.9 Å². The molecule has 8 heteroatoms. The van der Waals surface area contributed by atoms with Crippen molar-refractivity contribution in [3.8, 4) is 0 Å². The van der Waals surface area contributed by atoms with Crippen LogP contribution in [0.1, 0.15) is 18.4 Å². The molecule has 2 rings (SSSR count). The number of hydrogen-bond donors (Lipinski definition) is 2. The Balaban J connectivity index is 2.18. The first-order chi connectivity index (χ1) is 10.0. The summed E-state index contributed by atoms with van der Waals surface area (Å²) >= 11 is 1.42. The Hall–Kier alpha value is -2.22. The smallest absolute Gasteiger partial charge is 0.293 e. The Bertz CT molecular complexity index is 683. The lowest BCUT2D eigenvalue weighted by Gasteiger charge is -2.07. The zero-order chi connectivity index (χ0) is 15.4. The molecule has 7 nitrogen and oxygen atoms in total. The van der Waals surface area contributed by atoms with Crippen LogP contribution in [0.4, 0.5) is 11.4 Å². The number of nitrogens with one attached hydrogen (secondary N) is 2. The summed E-state index contributed by atoms with van der Waals surface area (Å²) in [5, 5.41) is 17.6. The van der Waals surface area contributed by atoms with E-state index in [1.807, 2.05) is 13.8 Å². The minimum atomic E-state index is -0.428. The Labute approximate surface area is 125 Å². The number of thiazole rings is 1. The highest BCUT2D eigenvalue weighted by molar-refractivity contribution is 7.18. The van der Waals surface area contributed by atoms with Gasteiger partial charge in [0, 0.05) is 25.6 Å². The second-order valence-corrected chi connectivity index (χ2v) is 5.69. The van der Waals surface area contributed by atoms with E-state index in [9.17, 15) is 14.9 Å². The van der Waals surface area contributed by atoms with Crippen molar-refractivity contribution in [3.05, 3.63) is 27.3 Å². The molecule has 0 aliphatic carbocycles. The predicted molar refractivity (Wildman–Crippen MR) is 82.8 cm³/mol. The molecule has 0 aliphatic rings. The van der Waals surface area contributed by atoms with E-state index in [0.717, 1.165) is 15.2 Å². The topological polar surface area (TPSA) is 97.2 Å². The van der Waals surface area contributed by atoms with Crippen molar-refractivity contribution >= 4 is 38.8 Å². The molecule has 1 heterocycles. The maximum atomic E-state index is 11.4. The van der Waals surface area contributed by atoms with Gasteiger partial charge in [0.1, 0.15) is 5.69 Å². The normalized spacial score (nSPS) is 10.6. The lowest BCUT2D eigenvalue weighted by atomic mass is 10.2. The van der Waals surface area contributed by atoms with Gasteiger partial charge in [-0.3, -0.25) is 14.9 Å². The number of aromatic nitrogens is 1. The summed E-state index contributed by atoms with van der Waals surface area (Å²) in [7, 11) is 0. The highest BCUT2D eigenvalue weighted by atomic mass is 32.1. The Morgan fingerprint density at radius 2 is 2.24 bits per heavy atom. The van der Waals surface area contributed by atoms with Crippen molar-refractivity contribution in [3.63, 3.8) is 0 Å². The fourth-order valence-corrected chi connectivity index (χ4v) is 2.81. The summed E-state index contributed by atoms with van der Waals surface area (Å²) in [6.07, 6.45) is 0.263. The molecule has 0 unspecified atom stereocenters. The third-order valence-electron chi connectivity index (χ3n) is 2.85. The zero-order valence-electron chi connectivity index (χ0n) is 11.8. The lowest BCUT2D eigenvalue weighted by Crippen LogP contribution is -2.24. The van der Waals surface area contributed by atoms with Gasteiger partial charge >= 0.3 is 0 Å². The number of fused-ring (bicyclic) bond motifs is 1. The molecule has 1 amide bonds. The molecule has 2 aromatic rings. The molecule has 0 fully saturated rings. The summed E-state index contributed by atoms with van der Waals surface area (Å²) in [6.45, 7) is 4.61. The van der Waals surface area contributed by atoms with E-state index >= 15 is 0 Å². The highest BCUT2D eigenvalue weighted by Crippen LogP contribution is 2.32. The average Bonchev–Trinajstić information content (AvgIpc) is 2.77. The van der Waals surface area contributed by atoms with Crippen LogP contribution in [0.15, 0.2) is 12.1 Å². The van der Waals surface area contributed by atoms with Crippen LogP contribution in [0.2, 0.25) is 0 Å². The van der Waals surface area contributed by atoms with Gasteiger partial charge in [-0.05, 0) is 19.9 Å². The number of benzene rings is 1. The van der Waals surface area contributed by atoms with Crippen LogP contribution < -0.4 is 10.6 Å². The van der Waals surface area contributed by atoms with Gasteiger partial charge in [0.05, 0.1) is 20.1 Å². The van der Waals surface area contributed by atoms with Crippen molar-refractivity contribution in [2.75, 3.05) is 18.4 Å². The molecule has 112 valence electrons. The van der Waals surface area contributed by atoms with E-state index in [1.54, 1.807) is 6.07 Å². The van der Waals surface area contributed by atoms with Crippen LogP contribution in [0, 0.1) is 17.0 Å². The molecule has 1 aromatic heterocycles. The number of aryl methyl sites for hydroxylation is 1. The molecular formula is C13H16N4O3S. The van der Waals surface area contributed by atoms with E-state index < -0.39 is 4.92 Å². The third-order valence-corrected chi connectivity index (χ3v) is 3.78. The van der Waals surface area contributed by atoms with E-state index in [1.165, 1.54) is 17.4 Å². The van der Waals surface area contributed by atoms with Gasteiger partial charge in [-0.1, -0.05) is 0 Å². The second-order valence-electron chi connectivity index (χ2n) is 4.46. The summed E-state index contributed by atoms with van der Waals surface area (Å²) in [5.41, 5.74) is 1.12. The first-order valence-corrected chi connectivity index (χ1v) is 7.39. The van der Waals surface area contributed by atoms with Gasteiger partial charge in [0.2, 0.25) is 5.91 Å². The molecule has 0 bridgehead atoms. The monoisotopic (exact) mass is 308 g/mol. The van der Waals surface area contributed by atoms with Gasteiger partial charge in [-0.15, -0.1) is 11.3 Å². The van der Waals surface area contributed by atoms with Crippen molar-refractivity contribution in [1.29, 1.82) is 0 Å². The highest BCUT2D eigenvalue weighted by Gasteiger charge is 2.17.